The Morgan fingerprint density at radius 3 is 2.60 bits per heavy atom. The molecule has 0 aromatic heterocycles. The van der Waals surface area contributed by atoms with Gasteiger partial charge >= 0.3 is 0 Å². The summed E-state index contributed by atoms with van der Waals surface area (Å²) in [6.07, 6.45) is 7.43. The Morgan fingerprint density at radius 2 is 1.90 bits per heavy atom. The lowest BCUT2D eigenvalue weighted by Crippen LogP contribution is -2.52. The van der Waals surface area contributed by atoms with Crippen LogP contribution >= 0.6 is 0 Å². The Hall–Kier alpha value is -0.120. The maximum absolute atomic E-state index is 10.1. The molecule has 1 saturated carbocycles. The van der Waals surface area contributed by atoms with Crippen molar-refractivity contribution in [3.05, 3.63) is 0 Å². The third kappa shape index (κ3) is 3.75. The molecule has 20 heavy (non-hydrogen) atoms. The summed E-state index contributed by atoms with van der Waals surface area (Å²) in [6, 6.07) is 0. The van der Waals surface area contributed by atoms with E-state index in [1.165, 1.54) is 38.5 Å². The van der Waals surface area contributed by atoms with E-state index >= 15 is 0 Å². The normalized spacial score (nSPS) is 34.5. The van der Waals surface area contributed by atoms with Crippen molar-refractivity contribution in [1.29, 1.82) is 0 Å². The molecule has 1 aliphatic carbocycles. The summed E-state index contributed by atoms with van der Waals surface area (Å²) in [4.78, 5) is 2.60. The molecule has 0 aromatic carbocycles. The van der Waals surface area contributed by atoms with Crippen molar-refractivity contribution < 1.29 is 5.11 Å². The number of rotatable bonds is 2. The molecule has 1 aliphatic heterocycles. The van der Waals surface area contributed by atoms with Gasteiger partial charge in [-0.3, -0.25) is 4.90 Å². The number of hydrogen-bond acceptors (Lipinski definition) is 3. The van der Waals surface area contributed by atoms with Crippen LogP contribution in [-0.2, 0) is 0 Å². The highest BCUT2D eigenvalue weighted by Crippen LogP contribution is 2.41. The smallest absolute Gasteiger partial charge is 0.0615 e. The summed E-state index contributed by atoms with van der Waals surface area (Å²) < 4.78 is 0. The van der Waals surface area contributed by atoms with Crippen LogP contribution in [0.25, 0.3) is 0 Å². The van der Waals surface area contributed by atoms with Gasteiger partial charge in [0.15, 0.2) is 0 Å². The molecular formula is C17H34N2O. The van der Waals surface area contributed by atoms with Gasteiger partial charge in [0.25, 0.3) is 0 Å². The van der Waals surface area contributed by atoms with Crippen LogP contribution in [-0.4, -0.2) is 48.3 Å². The standard InChI is InChI=1S/C17H34N2O/c1-16(2,3)15-6-4-8-17(14-20,9-7-15)19-12-5-10-18-11-13-19/h15,18,20H,4-14H2,1-3H3. The van der Waals surface area contributed by atoms with Crippen LogP contribution in [0.4, 0.5) is 0 Å². The summed E-state index contributed by atoms with van der Waals surface area (Å²) in [5.41, 5.74) is 0.470. The Bertz CT molecular complexity index is 292. The second-order valence-electron chi connectivity index (χ2n) is 7.97. The monoisotopic (exact) mass is 282 g/mol. The summed E-state index contributed by atoms with van der Waals surface area (Å²) in [6.45, 7) is 11.9. The van der Waals surface area contributed by atoms with Crippen molar-refractivity contribution in [3.63, 3.8) is 0 Å². The SMILES string of the molecule is CC(C)(C)C1CCCC(CO)(N2CCCNCC2)CC1. The second kappa shape index (κ2) is 6.76. The molecule has 1 saturated heterocycles. The molecule has 2 unspecified atom stereocenters. The summed E-state index contributed by atoms with van der Waals surface area (Å²) >= 11 is 0. The van der Waals surface area contributed by atoms with E-state index in [4.69, 9.17) is 0 Å². The maximum atomic E-state index is 10.1. The average Bonchev–Trinajstić information content (AvgIpc) is 2.79. The van der Waals surface area contributed by atoms with Gasteiger partial charge in [0.2, 0.25) is 0 Å². The van der Waals surface area contributed by atoms with Gasteiger partial charge in [0.1, 0.15) is 0 Å². The summed E-state index contributed by atoms with van der Waals surface area (Å²) in [5, 5.41) is 13.6. The number of hydrogen-bond donors (Lipinski definition) is 2. The predicted molar refractivity (Wildman–Crippen MR) is 84.9 cm³/mol. The fourth-order valence-electron chi connectivity index (χ4n) is 4.15. The summed E-state index contributed by atoms with van der Waals surface area (Å²) in [5.74, 6) is 0.807. The fraction of sp³-hybridized carbons (Fsp3) is 1.00. The molecule has 0 bridgehead atoms. The van der Waals surface area contributed by atoms with E-state index in [9.17, 15) is 5.11 Å². The number of nitrogens with one attached hydrogen (secondary N) is 1. The van der Waals surface area contributed by atoms with Gasteiger partial charge in [-0.2, -0.15) is 0 Å². The van der Waals surface area contributed by atoms with E-state index < -0.39 is 0 Å². The molecule has 2 rings (SSSR count). The van der Waals surface area contributed by atoms with Crippen LogP contribution in [0.5, 0.6) is 0 Å². The van der Waals surface area contributed by atoms with Crippen molar-refractivity contribution in [1.82, 2.24) is 10.2 Å². The van der Waals surface area contributed by atoms with Crippen LogP contribution < -0.4 is 5.32 Å². The highest BCUT2D eigenvalue weighted by molar-refractivity contribution is 4.95. The number of aliphatic hydroxyl groups is 1. The lowest BCUT2D eigenvalue weighted by atomic mass is 9.76. The molecule has 1 heterocycles. The first-order valence-corrected chi connectivity index (χ1v) is 8.55. The van der Waals surface area contributed by atoms with Crippen LogP contribution in [0.3, 0.4) is 0 Å². The fourth-order valence-corrected chi connectivity index (χ4v) is 4.15. The zero-order valence-corrected chi connectivity index (χ0v) is 13.7. The van der Waals surface area contributed by atoms with E-state index in [0.29, 0.717) is 12.0 Å². The number of aliphatic hydroxyl groups excluding tert-OH is 1. The van der Waals surface area contributed by atoms with Crippen LogP contribution in [0.15, 0.2) is 0 Å². The molecule has 0 spiro atoms. The van der Waals surface area contributed by atoms with Gasteiger partial charge in [-0.25, -0.2) is 0 Å². The van der Waals surface area contributed by atoms with Gasteiger partial charge in [-0.15, -0.1) is 0 Å². The van der Waals surface area contributed by atoms with E-state index in [1.54, 1.807) is 0 Å². The Morgan fingerprint density at radius 1 is 1.10 bits per heavy atom. The third-order valence-electron chi connectivity index (χ3n) is 5.68. The lowest BCUT2D eigenvalue weighted by molar-refractivity contribution is 0.0190. The van der Waals surface area contributed by atoms with Crippen molar-refractivity contribution in [3.8, 4) is 0 Å². The van der Waals surface area contributed by atoms with Gasteiger partial charge in [-0.05, 0) is 50.0 Å². The summed E-state index contributed by atoms with van der Waals surface area (Å²) in [7, 11) is 0. The molecule has 0 aromatic rings. The van der Waals surface area contributed by atoms with E-state index in [0.717, 1.165) is 32.1 Å². The molecule has 3 nitrogen and oxygen atoms in total. The number of nitrogens with zero attached hydrogens (tertiary/aromatic N) is 1. The quantitative estimate of drug-likeness (QED) is 0.764. The predicted octanol–water partition coefficient (Wildman–Crippen LogP) is 2.64. The first-order chi connectivity index (χ1) is 9.48. The molecule has 2 atom stereocenters. The Kier molecular flexibility index (Phi) is 5.49. The Labute approximate surface area is 125 Å². The highest BCUT2D eigenvalue weighted by atomic mass is 16.3. The van der Waals surface area contributed by atoms with Crippen molar-refractivity contribution in [2.45, 2.75) is 64.8 Å². The molecule has 2 N–H and O–H groups in total. The average molecular weight is 282 g/mol. The first kappa shape index (κ1) is 16.3. The van der Waals surface area contributed by atoms with Crippen LogP contribution in [0.1, 0.15) is 59.3 Å². The first-order valence-electron chi connectivity index (χ1n) is 8.55. The molecule has 3 heteroatoms. The zero-order valence-electron chi connectivity index (χ0n) is 13.7. The minimum Gasteiger partial charge on any atom is -0.394 e. The van der Waals surface area contributed by atoms with Gasteiger partial charge in [0.05, 0.1) is 6.61 Å². The molecule has 0 amide bonds. The minimum atomic E-state index is 0.0615. The molecule has 0 radical (unpaired) electrons. The molecule has 2 aliphatic rings. The maximum Gasteiger partial charge on any atom is 0.0615 e. The van der Waals surface area contributed by atoms with E-state index in [2.05, 4.69) is 31.0 Å². The van der Waals surface area contributed by atoms with Crippen molar-refractivity contribution >= 4 is 0 Å². The second-order valence-corrected chi connectivity index (χ2v) is 7.97. The Balaban J connectivity index is 2.06. The van der Waals surface area contributed by atoms with Gasteiger partial charge < -0.3 is 10.4 Å². The highest BCUT2D eigenvalue weighted by Gasteiger charge is 2.39. The van der Waals surface area contributed by atoms with Crippen LogP contribution in [0, 0.1) is 11.3 Å². The third-order valence-corrected chi connectivity index (χ3v) is 5.68. The van der Waals surface area contributed by atoms with Crippen LogP contribution in [0.2, 0.25) is 0 Å². The van der Waals surface area contributed by atoms with E-state index in [1.807, 2.05) is 0 Å². The van der Waals surface area contributed by atoms with E-state index in [-0.39, 0.29) is 5.54 Å². The molecular weight excluding hydrogens is 248 g/mol. The zero-order chi connectivity index (χ0) is 14.6. The van der Waals surface area contributed by atoms with Gasteiger partial charge in [-0.1, -0.05) is 27.2 Å². The van der Waals surface area contributed by atoms with Gasteiger partial charge in [0, 0.05) is 25.2 Å². The minimum absolute atomic E-state index is 0.0615. The van der Waals surface area contributed by atoms with Crippen molar-refractivity contribution in [2.24, 2.45) is 11.3 Å². The largest absolute Gasteiger partial charge is 0.394 e. The topological polar surface area (TPSA) is 35.5 Å². The lowest BCUT2D eigenvalue weighted by Gasteiger charge is -2.42. The molecule has 118 valence electrons. The molecule has 2 fully saturated rings. The van der Waals surface area contributed by atoms with Crippen molar-refractivity contribution in [2.75, 3.05) is 32.8 Å².